The van der Waals surface area contributed by atoms with Crippen molar-refractivity contribution in [2.24, 2.45) is 5.73 Å². The van der Waals surface area contributed by atoms with Crippen molar-refractivity contribution in [3.8, 4) is 0 Å². The number of aromatic nitrogens is 3. The van der Waals surface area contributed by atoms with Crippen molar-refractivity contribution in [2.45, 2.75) is 29.9 Å². The normalized spacial score (nSPS) is 11.0. The fourth-order valence-electron chi connectivity index (χ4n) is 3.48. The number of rotatable bonds is 7. The van der Waals surface area contributed by atoms with Crippen molar-refractivity contribution < 1.29 is 9.59 Å². The number of fused-ring (bicyclic) bond motifs is 1. The molecule has 0 fully saturated rings. The summed E-state index contributed by atoms with van der Waals surface area (Å²) in [5.41, 5.74) is 8.05. The van der Waals surface area contributed by atoms with Crippen LogP contribution in [-0.2, 0) is 17.8 Å². The van der Waals surface area contributed by atoms with Gasteiger partial charge in [0.1, 0.15) is 5.65 Å². The molecule has 2 aromatic carbocycles. The lowest BCUT2D eigenvalue weighted by atomic mass is 10.1. The Morgan fingerprint density at radius 1 is 1.03 bits per heavy atom. The second kappa shape index (κ2) is 8.51. The summed E-state index contributed by atoms with van der Waals surface area (Å²) in [6.07, 6.45) is 2.17. The Bertz CT molecular complexity index is 1220. The van der Waals surface area contributed by atoms with E-state index in [0.29, 0.717) is 34.7 Å². The van der Waals surface area contributed by atoms with Gasteiger partial charge in [-0.2, -0.15) is 0 Å². The highest BCUT2D eigenvalue weighted by atomic mass is 32.2. The van der Waals surface area contributed by atoms with Gasteiger partial charge in [-0.3, -0.25) is 9.59 Å². The first-order chi connectivity index (χ1) is 14.6. The van der Waals surface area contributed by atoms with E-state index in [1.807, 2.05) is 72.2 Å². The van der Waals surface area contributed by atoms with Crippen molar-refractivity contribution in [3.05, 3.63) is 83.7 Å². The molecule has 0 unspecified atom stereocenters. The Kier molecular flexibility index (Phi) is 5.63. The van der Waals surface area contributed by atoms with Gasteiger partial charge in [0.15, 0.2) is 5.16 Å². The molecule has 0 aliphatic heterocycles. The van der Waals surface area contributed by atoms with E-state index in [1.54, 1.807) is 6.20 Å². The van der Waals surface area contributed by atoms with Crippen LogP contribution >= 0.6 is 11.8 Å². The smallest absolute Gasteiger partial charge is 0.289 e. The summed E-state index contributed by atoms with van der Waals surface area (Å²) in [5.74, 6) is -1.69. The lowest BCUT2D eigenvalue weighted by Crippen LogP contribution is -2.24. The van der Waals surface area contributed by atoms with Crippen LogP contribution in [0.15, 0.2) is 76.9 Å². The molecule has 0 radical (unpaired) electrons. The minimum atomic E-state index is -0.980. The highest BCUT2D eigenvalue weighted by molar-refractivity contribution is 7.99. The van der Waals surface area contributed by atoms with E-state index in [9.17, 15) is 9.59 Å². The van der Waals surface area contributed by atoms with E-state index >= 15 is 0 Å². The fraction of sp³-hybridized carbons (Fsp3) is 0.130. The van der Waals surface area contributed by atoms with Crippen molar-refractivity contribution in [3.63, 3.8) is 0 Å². The van der Waals surface area contributed by atoms with Crippen LogP contribution in [-0.4, -0.2) is 26.2 Å². The predicted molar refractivity (Wildman–Crippen MR) is 117 cm³/mol. The average molecular weight is 417 g/mol. The molecule has 7 heteroatoms. The number of amides is 1. The van der Waals surface area contributed by atoms with Crippen LogP contribution in [0.1, 0.15) is 28.5 Å². The highest BCUT2D eigenvalue weighted by Gasteiger charge is 2.26. The summed E-state index contributed by atoms with van der Waals surface area (Å²) >= 11 is 1.44. The summed E-state index contributed by atoms with van der Waals surface area (Å²) in [5, 5.41) is 1.12. The average Bonchev–Trinajstić information content (AvgIpc) is 3.07. The molecule has 0 spiro atoms. The molecule has 0 aliphatic carbocycles. The Hall–Kier alpha value is -3.45. The molecule has 1 amide bonds. The predicted octanol–water partition coefficient (Wildman–Crippen LogP) is 3.86. The zero-order valence-corrected chi connectivity index (χ0v) is 17.2. The number of nitrogens with zero attached hydrogens (tertiary/aromatic N) is 3. The number of nitrogens with two attached hydrogens (primary N) is 1. The van der Waals surface area contributed by atoms with E-state index in [2.05, 4.69) is 4.98 Å². The van der Waals surface area contributed by atoms with Crippen molar-refractivity contribution in [1.29, 1.82) is 0 Å². The minimum Gasteiger partial charge on any atom is -0.363 e. The van der Waals surface area contributed by atoms with Gasteiger partial charge < -0.3 is 10.3 Å². The second-order valence-corrected chi connectivity index (χ2v) is 7.79. The molecule has 30 heavy (non-hydrogen) atoms. The van der Waals surface area contributed by atoms with E-state index in [0.717, 1.165) is 16.2 Å². The maximum Gasteiger partial charge on any atom is 0.289 e. The van der Waals surface area contributed by atoms with E-state index in [1.165, 1.54) is 11.8 Å². The Morgan fingerprint density at radius 3 is 2.33 bits per heavy atom. The highest BCUT2D eigenvalue weighted by Crippen LogP contribution is 2.30. The number of primary amides is 1. The molecule has 4 aromatic rings. The van der Waals surface area contributed by atoms with Gasteiger partial charge in [0.05, 0.1) is 5.56 Å². The van der Waals surface area contributed by atoms with Gasteiger partial charge in [-0.1, -0.05) is 55.5 Å². The van der Waals surface area contributed by atoms with Gasteiger partial charge >= 0.3 is 0 Å². The Morgan fingerprint density at radius 2 is 1.70 bits per heavy atom. The zero-order valence-electron chi connectivity index (χ0n) is 16.4. The standard InChI is InChI=1S/C23H20N4O2S/c1-2-18-19(20(28)21(24)29)17-13-25-23(30-16-11-7-4-8-12-16)26-22(17)27(18)14-15-9-5-3-6-10-15/h3-13H,2,14H2,1H3,(H2,24,29). The first-order valence-electron chi connectivity index (χ1n) is 9.57. The van der Waals surface area contributed by atoms with Crippen LogP contribution in [0.2, 0.25) is 0 Å². The third kappa shape index (κ3) is 3.84. The molecular formula is C23H20N4O2S. The van der Waals surface area contributed by atoms with Crippen LogP contribution in [0.4, 0.5) is 0 Å². The number of carbonyl (C=O) groups is 2. The summed E-state index contributed by atoms with van der Waals surface area (Å²) in [6, 6.07) is 19.8. The number of hydrogen-bond donors (Lipinski definition) is 1. The third-order valence-corrected chi connectivity index (χ3v) is 5.69. The Balaban J connectivity index is 1.89. The van der Waals surface area contributed by atoms with Gasteiger partial charge in [0.2, 0.25) is 0 Å². The van der Waals surface area contributed by atoms with Crippen LogP contribution < -0.4 is 5.73 Å². The van der Waals surface area contributed by atoms with Crippen LogP contribution in [0.25, 0.3) is 11.0 Å². The van der Waals surface area contributed by atoms with E-state index in [4.69, 9.17) is 10.7 Å². The topological polar surface area (TPSA) is 90.9 Å². The number of Topliss-reactive ketones (excluding diaryl/α,β-unsaturated/α-hetero) is 1. The number of benzene rings is 2. The van der Waals surface area contributed by atoms with Gasteiger partial charge in [-0.05, 0) is 35.9 Å². The summed E-state index contributed by atoms with van der Waals surface area (Å²) in [6.45, 7) is 2.47. The molecule has 4 rings (SSSR count). The molecule has 2 N–H and O–H groups in total. The second-order valence-electron chi connectivity index (χ2n) is 6.75. The third-order valence-electron chi connectivity index (χ3n) is 4.81. The van der Waals surface area contributed by atoms with E-state index in [-0.39, 0.29) is 0 Å². The number of carbonyl (C=O) groups excluding carboxylic acids is 2. The lowest BCUT2D eigenvalue weighted by Gasteiger charge is -2.10. The molecule has 2 heterocycles. The molecule has 150 valence electrons. The quantitative estimate of drug-likeness (QED) is 0.281. The zero-order chi connectivity index (χ0) is 21.1. The van der Waals surface area contributed by atoms with Gasteiger partial charge in [-0.25, -0.2) is 9.97 Å². The van der Waals surface area contributed by atoms with Crippen LogP contribution in [0.3, 0.4) is 0 Å². The van der Waals surface area contributed by atoms with Crippen LogP contribution in [0, 0.1) is 0 Å². The minimum absolute atomic E-state index is 0.298. The van der Waals surface area contributed by atoms with Gasteiger partial charge in [0, 0.05) is 28.7 Å². The van der Waals surface area contributed by atoms with Crippen molar-refractivity contribution >= 4 is 34.5 Å². The molecule has 2 aromatic heterocycles. The molecule has 0 saturated carbocycles. The van der Waals surface area contributed by atoms with Gasteiger partial charge in [-0.15, -0.1) is 0 Å². The molecular weight excluding hydrogens is 396 g/mol. The molecule has 0 atom stereocenters. The maximum absolute atomic E-state index is 12.6. The fourth-order valence-corrected chi connectivity index (χ4v) is 4.22. The van der Waals surface area contributed by atoms with Gasteiger partial charge in [0.25, 0.3) is 11.7 Å². The van der Waals surface area contributed by atoms with E-state index < -0.39 is 11.7 Å². The molecule has 0 aliphatic rings. The summed E-state index contributed by atoms with van der Waals surface area (Å²) in [4.78, 5) is 34.5. The first kappa shape index (κ1) is 19.8. The van der Waals surface area contributed by atoms with Crippen molar-refractivity contribution in [1.82, 2.24) is 14.5 Å². The monoisotopic (exact) mass is 416 g/mol. The maximum atomic E-state index is 12.6. The van der Waals surface area contributed by atoms with Crippen LogP contribution in [0.5, 0.6) is 0 Å². The number of hydrogen-bond acceptors (Lipinski definition) is 5. The Labute approximate surface area is 178 Å². The number of ketones is 1. The lowest BCUT2D eigenvalue weighted by molar-refractivity contribution is -0.114. The SMILES string of the molecule is CCc1c(C(=O)C(N)=O)c2cnc(Sc3ccccc3)nc2n1Cc1ccccc1. The molecule has 0 saturated heterocycles. The largest absolute Gasteiger partial charge is 0.363 e. The summed E-state index contributed by atoms with van der Waals surface area (Å²) in [7, 11) is 0. The molecule has 0 bridgehead atoms. The first-order valence-corrected chi connectivity index (χ1v) is 10.4. The molecule has 6 nitrogen and oxygen atoms in total. The summed E-state index contributed by atoms with van der Waals surface area (Å²) < 4.78 is 1.98. The van der Waals surface area contributed by atoms with Crippen molar-refractivity contribution in [2.75, 3.05) is 0 Å².